The molecule has 0 atom stereocenters. The van der Waals surface area contributed by atoms with E-state index in [1.165, 1.54) is 13.2 Å². The third kappa shape index (κ3) is 6.11. The number of benzene rings is 1. The Labute approximate surface area is 183 Å². The van der Waals surface area contributed by atoms with Gasteiger partial charge >= 0.3 is 5.97 Å². The van der Waals surface area contributed by atoms with Crippen molar-refractivity contribution in [2.75, 3.05) is 61.3 Å². The summed E-state index contributed by atoms with van der Waals surface area (Å²) in [7, 11) is 6.01. The first-order chi connectivity index (χ1) is 14.9. The lowest BCUT2D eigenvalue weighted by Gasteiger charge is -2.41. The fraction of sp³-hybridized carbons (Fsp3) is 0.545. The molecular formula is C22H32N2O7. The van der Waals surface area contributed by atoms with Crippen LogP contribution >= 0.6 is 0 Å². The predicted molar refractivity (Wildman–Crippen MR) is 116 cm³/mol. The van der Waals surface area contributed by atoms with Gasteiger partial charge in [-0.2, -0.15) is 0 Å². The first kappa shape index (κ1) is 24.5. The summed E-state index contributed by atoms with van der Waals surface area (Å²) >= 11 is 0. The van der Waals surface area contributed by atoms with Gasteiger partial charge in [0.1, 0.15) is 12.3 Å². The van der Waals surface area contributed by atoms with Crippen LogP contribution in [-0.2, 0) is 19.1 Å². The van der Waals surface area contributed by atoms with E-state index in [1.807, 2.05) is 12.1 Å². The standard InChI is InChI=1S/C22H32N2O7/c1-22(2,24-9-12-30-13-10-24)21(23-31-11-7-8-19(25)28-5)16-14-17(26-3)20(29-6)18(15-16)27-4/h7-8,14-15H,9-13H2,1-6H3. The van der Waals surface area contributed by atoms with Crippen LogP contribution in [0.5, 0.6) is 17.2 Å². The molecule has 1 heterocycles. The van der Waals surface area contributed by atoms with Crippen molar-refractivity contribution in [2.24, 2.45) is 5.16 Å². The largest absolute Gasteiger partial charge is 0.493 e. The fourth-order valence-corrected chi connectivity index (χ4v) is 3.36. The molecule has 1 fully saturated rings. The highest BCUT2D eigenvalue weighted by atomic mass is 16.6. The second kappa shape index (κ2) is 11.6. The van der Waals surface area contributed by atoms with Crippen LogP contribution in [0.4, 0.5) is 0 Å². The van der Waals surface area contributed by atoms with E-state index in [0.29, 0.717) is 36.2 Å². The summed E-state index contributed by atoms with van der Waals surface area (Å²) in [6.45, 7) is 7.09. The molecule has 1 aromatic carbocycles. The van der Waals surface area contributed by atoms with Crippen LogP contribution in [0.25, 0.3) is 0 Å². The van der Waals surface area contributed by atoms with E-state index in [9.17, 15) is 4.79 Å². The number of morpholine rings is 1. The number of ether oxygens (including phenoxy) is 5. The second-order valence-electron chi connectivity index (χ2n) is 7.23. The molecule has 0 radical (unpaired) electrons. The molecule has 2 rings (SSSR count). The number of hydrogen-bond acceptors (Lipinski definition) is 9. The lowest BCUT2D eigenvalue weighted by molar-refractivity contribution is -0.134. The quantitative estimate of drug-likeness (QED) is 0.181. The average molecular weight is 437 g/mol. The molecule has 31 heavy (non-hydrogen) atoms. The third-order valence-corrected chi connectivity index (χ3v) is 5.10. The number of carbonyl (C=O) groups excluding carboxylic acids is 1. The van der Waals surface area contributed by atoms with E-state index >= 15 is 0 Å². The number of rotatable bonds is 10. The Balaban J connectivity index is 2.45. The molecule has 1 aliphatic rings. The molecule has 1 saturated heterocycles. The highest BCUT2D eigenvalue weighted by Crippen LogP contribution is 2.39. The van der Waals surface area contributed by atoms with Gasteiger partial charge in [0.25, 0.3) is 0 Å². The van der Waals surface area contributed by atoms with Crippen LogP contribution in [0, 0.1) is 0 Å². The normalized spacial score (nSPS) is 15.6. The Morgan fingerprint density at radius 3 is 2.23 bits per heavy atom. The maximum absolute atomic E-state index is 11.2. The summed E-state index contributed by atoms with van der Waals surface area (Å²) in [6.07, 6.45) is 2.84. The Hall–Kier alpha value is -2.78. The fourth-order valence-electron chi connectivity index (χ4n) is 3.36. The van der Waals surface area contributed by atoms with Gasteiger partial charge in [0.15, 0.2) is 11.5 Å². The maximum Gasteiger partial charge on any atom is 0.330 e. The molecule has 0 unspecified atom stereocenters. The van der Waals surface area contributed by atoms with E-state index in [4.69, 9.17) is 23.8 Å². The summed E-state index contributed by atoms with van der Waals surface area (Å²) < 4.78 is 26.6. The van der Waals surface area contributed by atoms with Crippen molar-refractivity contribution in [3.05, 3.63) is 29.8 Å². The van der Waals surface area contributed by atoms with Crippen LogP contribution < -0.4 is 14.2 Å². The molecule has 0 aliphatic carbocycles. The predicted octanol–water partition coefficient (Wildman–Crippen LogP) is 2.27. The summed E-state index contributed by atoms with van der Waals surface area (Å²) in [5.74, 6) is 1.09. The number of nitrogens with zero attached hydrogens (tertiary/aromatic N) is 2. The summed E-state index contributed by atoms with van der Waals surface area (Å²) in [5, 5.41) is 4.45. The molecule has 1 aromatic rings. The van der Waals surface area contributed by atoms with Gasteiger partial charge in [0.05, 0.1) is 47.2 Å². The molecule has 1 aliphatic heterocycles. The number of hydrogen-bond donors (Lipinski definition) is 0. The van der Waals surface area contributed by atoms with Gasteiger partial charge in [0.2, 0.25) is 5.75 Å². The van der Waals surface area contributed by atoms with Gasteiger partial charge in [-0.1, -0.05) is 5.16 Å². The van der Waals surface area contributed by atoms with E-state index in [2.05, 4.69) is 28.6 Å². The molecule has 0 aromatic heterocycles. The summed E-state index contributed by atoms with van der Waals surface area (Å²) in [4.78, 5) is 19.1. The van der Waals surface area contributed by atoms with Gasteiger partial charge in [0, 0.05) is 24.7 Å². The van der Waals surface area contributed by atoms with E-state index < -0.39 is 11.5 Å². The molecular weight excluding hydrogens is 404 g/mol. The minimum atomic E-state index is -0.486. The lowest BCUT2D eigenvalue weighted by atomic mass is 9.89. The molecule has 0 bridgehead atoms. The SMILES string of the molecule is COC(=O)C=CCON=C(c1cc(OC)c(OC)c(OC)c1)C(C)(C)N1CCOCC1. The zero-order chi connectivity index (χ0) is 22.9. The van der Waals surface area contributed by atoms with Crippen molar-refractivity contribution in [1.29, 1.82) is 0 Å². The molecule has 9 nitrogen and oxygen atoms in total. The molecule has 0 spiro atoms. The molecule has 9 heteroatoms. The van der Waals surface area contributed by atoms with Crippen molar-refractivity contribution in [3.63, 3.8) is 0 Å². The third-order valence-electron chi connectivity index (χ3n) is 5.10. The van der Waals surface area contributed by atoms with Gasteiger partial charge in [-0.25, -0.2) is 4.79 Å². The van der Waals surface area contributed by atoms with Crippen LogP contribution in [0.3, 0.4) is 0 Å². The number of methoxy groups -OCH3 is 4. The Bertz CT molecular complexity index is 774. The number of carbonyl (C=O) groups is 1. The van der Waals surface area contributed by atoms with Crippen LogP contribution in [0.1, 0.15) is 19.4 Å². The smallest absolute Gasteiger partial charge is 0.330 e. The van der Waals surface area contributed by atoms with Crippen molar-refractivity contribution >= 4 is 11.7 Å². The van der Waals surface area contributed by atoms with Crippen molar-refractivity contribution in [2.45, 2.75) is 19.4 Å². The maximum atomic E-state index is 11.2. The van der Waals surface area contributed by atoms with Crippen LogP contribution in [0.2, 0.25) is 0 Å². The van der Waals surface area contributed by atoms with E-state index in [1.54, 1.807) is 27.4 Å². The van der Waals surface area contributed by atoms with Crippen molar-refractivity contribution < 1.29 is 33.3 Å². The van der Waals surface area contributed by atoms with Crippen molar-refractivity contribution in [3.8, 4) is 17.2 Å². The average Bonchev–Trinajstić information content (AvgIpc) is 2.80. The second-order valence-corrected chi connectivity index (χ2v) is 7.23. The summed E-state index contributed by atoms with van der Waals surface area (Å²) in [5.41, 5.74) is 0.962. The monoisotopic (exact) mass is 436 g/mol. The van der Waals surface area contributed by atoms with E-state index in [0.717, 1.165) is 18.7 Å². The topological polar surface area (TPSA) is 88.1 Å². The minimum absolute atomic E-state index is 0.113. The van der Waals surface area contributed by atoms with Gasteiger partial charge in [-0.05, 0) is 32.1 Å². The zero-order valence-corrected chi connectivity index (χ0v) is 19.1. The van der Waals surface area contributed by atoms with Crippen LogP contribution in [-0.4, -0.2) is 83.5 Å². The van der Waals surface area contributed by atoms with Crippen LogP contribution in [0.15, 0.2) is 29.4 Å². The first-order valence-corrected chi connectivity index (χ1v) is 9.97. The molecule has 0 N–H and O–H groups in total. The number of esters is 1. The Morgan fingerprint density at radius 2 is 1.71 bits per heavy atom. The van der Waals surface area contributed by atoms with E-state index in [-0.39, 0.29) is 6.61 Å². The van der Waals surface area contributed by atoms with Gasteiger partial charge in [-0.15, -0.1) is 0 Å². The lowest BCUT2D eigenvalue weighted by Crippen LogP contribution is -2.54. The highest BCUT2D eigenvalue weighted by Gasteiger charge is 2.36. The Morgan fingerprint density at radius 1 is 1.10 bits per heavy atom. The highest BCUT2D eigenvalue weighted by molar-refractivity contribution is 6.07. The van der Waals surface area contributed by atoms with Gasteiger partial charge in [-0.3, -0.25) is 4.90 Å². The molecule has 0 amide bonds. The summed E-state index contributed by atoms with van der Waals surface area (Å²) in [6, 6.07) is 3.69. The Kier molecular flexibility index (Phi) is 9.14. The van der Waals surface area contributed by atoms with Crippen molar-refractivity contribution in [1.82, 2.24) is 4.90 Å². The molecule has 172 valence electrons. The zero-order valence-electron chi connectivity index (χ0n) is 19.1. The van der Waals surface area contributed by atoms with Gasteiger partial charge < -0.3 is 28.5 Å². The first-order valence-electron chi connectivity index (χ1n) is 9.97. The number of oxime groups is 1. The molecule has 0 saturated carbocycles. The minimum Gasteiger partial charge on any atom is -0.493 e.